The van der Waals surface area contributed by atoms with Crippen molar-refractivity contribution in [3.8, 4) is 10.7 Å². The quantitative estimate of drug-likeness (QED) is 0.765. The minimum atomic E-state index is -0.0280. The third-order valence-corrected chi connectivity index (χ3v) is 4.06. The van der Waals surface area contributed by atoms with Gasteiger partial charge in [-0.2, -0.15) is 5.10 Å². The summed E-state index contributed by atoms with van der Waals surface area (Å²) in [6, 6.07) is 3.94. The summed E-state index contributed by atoms with van der Waals surface area (Å²) in [5.41, 5.74) is 0. The fourth-order valence-electron chi connectivity index (χ4n) is 1.97. The smallest absolute Gasteiger partial charge is 0.222 e. The third-order valence-electron chi connectivity index (χ3n) is 2.89. The summed E-state index contributed by atoms with van der Waals surface area (Å²) < 4.78 is 7.36. The van der Waals surface area contributed by atoms with Gasteiger partial charge in [-0.3, -0.25) is 14.5 Å². The molecule has 0 bridgehead atoms. The lowest BCUT2D eigenvalue weighted by atomic mass is 10.3. The van der Waals surface area contributed by atoms with Gasteiger partial charge >= 0.3 is 0 Å². The third kappa shape index (κ3) is 4.23. The Bertz CT molecular complexity index is 633. The maximum Gasteiger partial charge on any atom is 0.222 e. The Kier molecular flexibility index (Phi) is 5.66. The molecule has 1 unspecified atom stereocenters. The summed E-state index contributed by atoms with van der Waals surface area (Å²) in [6.07, 6.45) is 0.347. The summed E-state index contributed by atoms with van der Waals surface area (Å²) >= 11 is 6.81. The second-order valence-corrected chi connectivity index (χ2v) is 5.99. The molecule has 6 nitrogen and oxygen atoms in total. The minimum absolute atomic E-state index is 0.00316. The number of aromatic nitrogens is 3. The molecule has 0 aromatic carbocycles. The highest BCUT2D eigenvalue weighted by molar-refractivity contribution is 7.71. The van der Waals surface area contributed by atoms with Crippen molar-refractivity contribution in [2.75, 3.05) is 13.7 Å². The largest absolute Gasteiger partial charge is 0.383 e. The maximum absolute atomic E-state index is 11.9. The van der Waals surface area contributed by atoms with Gasteiger partial charge in [0.25, 0.3) is 0 Å². The van der Waals surface area contributed by atoms with Crippen LogP contribution < -0.4 is 5.32 Å². The highest BCUT2D eigenvalue weighted by Gasteiger charge is 2.12. The van der Waals surface area contributed by atoms with Gasteiger partial charge in [-0.05, 0) is 30.6 Å². The van der Waals surface area contributed by atoms with Gasteiger partial charge in [0.05, 0.1) is 11.5 Å². The van der Waals surface area contributed by atoms with Crippen LogP contribution in [0.15, 0.2) is 17.5 Å². The molecule has 2 rings (SSSR count). The second kappa shape index (κ2) is 7.48. The number of nitrogens with one attached hydrogen (secondary N) is 2. The molecule has 2 N–H and O–H groups in total. The van der Waals surface area contributed by atoms with Crippen LogP contribution in [0.1, 0.15) is 13.3 Å². The molecular weight excluding hydrogens is 308 g/mol. The molecule has 2 heterocycles. The number of hydrogen-bond donors (Lipinski definition) is 2. The Labute approximate surface area is 132 Å². The lowest BCUT2D eigenvalue weighted by Crippen LogP contribution is -2.36. The summed E-state index contributed by atoms with van der Waals surface area (Å²) in [6.45, 7) is 2.90. The Morgan fingerprint density at radius 1 is 1.67 bits per heavy atom. The van der Waals surface area contributed by atoms with Crippen LogP contribution in [0.25, 0.3) is 10.7 Å². The van der Waals surface area contributed by atoms with Crippen LogP contribution in [0.2, 0.25) is 0 Å². The van der Waals surface area contributed by atoms with E-state index in [-0.39, 0.29) is 11.9 Å². The van der Waals surface area contributed by atoms with Gasteiger partial charge in [-0.1, -0.05) is 6.07 Å². The van der Waals surface area contributed by atoms with Crippen molar-refractivity contribution < 1.29 is 9.53 Å². The molecule has 2 aromatic rings. The Balaban J connectivity index is 1.99. The zero-order valence-corrected chi connectivity index (χ0v) is 13.6. The summed E-state index contributed by atoms with van der Waals surface area (Å²) in [5, 5.41) is 11.9. The predicted molar refractivity (Wildman–Crippen MR) is 84.8 cm³/mol. The fourth-order valence-corrected chi connectivity index (χ4v) is 2.92. The maximum atomic E-state index is 11.9. The monoisotopic (exact) mass is 326 g/mol. The number of hydrogen-bond acceptors (Lipinski definition) is 5. The van der Waals surface area contributed by atoms with E-state index in [4.69, 9.17) is 17.0 Å². The lowest BCUT2D eigenvalue weighted by molar-refractivity contribution is -0.122. The lowest BCUT2D eigenvalue weighted by Gasteiger charge is -2.13. The zero-order chi connectivity index (χ0) is 15.2. The number of amides is 1. The van der Waals surface area contributed by atoms with Gasteiger partial charge in [0.2, 0.25) is 5.91 Å². The molecule has 1 amide bonds. The standard InChI is InChI=1S/C13H18N4O2S2/c1-9(8-19-2)14-11(18)5-6-17-12(15-16-13(17)20)10-4-3-7-21-10/h3-4,7,9H,5-6,8H2,1-2H3,(H,14,18)(H,16,20). The van der Waals surface area contributed by atoms with Crippen molar-refractivity contribution in [1.82, 2.24) is 20.1 Å². The number of methoxy groups -OCH3 is 1. The number of carbonyl (C=O) groups excluding carboxylic acids is 1. The fraction of sp³-hybridized carbons (Fsp3) is 0.462. The molecule has 0 saturated carbocycles. The van der Waals surface area contributed by atoms with E-state index >= 15 is 0 Å². The van der Waals surface area contributed by atoms with Gasteiger partial charge in [0.1, 0.15) is 0 Å². The molecule has 0 aliphatic heterocycles. The SMILES string of the molecule is COCC(C)NC(=O)CCn1c(-c2cccs2)n[nH]c1=S. The van der Waals surface area contributed by atoms with Crippen molar-refractivity contribution in [3.05, 3.63) is 22.3 Å². The molecule has 0 aliphatic carbocycles. The van der Waals surface area contributed by atoms with Gasteiger partial charge in [0, 0.05) is 26.1 Å². The average molecular weight is 326 g/mol. The van der Waals surface area contributed by atoms with Crippen molar-refractivity contribution in [1.29, 1.82) is 0 Å². The van der Waals surface area contributed by atoms with Gasteiger partial charge in [-0.25, -0.2) is 0 Å². The number of carbonyl (C=O) groups is 1. The van der Waals surface area contributed by atoms with E-state index in [1.54, 1.807) is 18.4 Å². The molecule has 21 heavy (non-hydrogen) atoms. The normalized spacial score (nSPS) is 12.3. The number of thiophene rings is 1. The van der Waals surface area contributed by atoms with Crippen LogP contribution in [0.4, 0.5) is 0 Å². The number of aromatic amines is 1. The summed E-state index contributed by atoms with van der Waals surface area (Å²) in [7, 11) is 1.61. The van der Waals surface area contributed by atoms with Crippen LogP contribution in [0.3, 0.4) is 0 Å². The van der Waals surface area contributed by atoms with Crippen LogP contribution in [-0.4, -0.2) is 40.4 Å². The Hall–Kier alpha value is -1.51. The first-order chi connectivity index (χ1) is 10.1. The molecule has 8 heteroatoms. The number of H-pyrrole nitrogens is 1. The van der Waals surface area contributed by atoms with Crippen molar-refractivity contribution >= 4 is 29.5 Å². The van der Waals surface area contributed by atoms with Crippen LogP contribution in [0.5, 0.6) is 0 Å². The first kappa shape index (κ1) is 15.9. The van der Waals surface area contributed by atoms with E-state index < -0.39 is 0 Å². The molecule has 0 aliphatic rings. The first-order valence-electron chi connectivity index (χ1n) is 6.59. The first-order valence-corrected chi connectivity index (χ1v) is 7.88. The highest BCUT2D eigenvalue weighted by Crippen LogP contribution is 2.22. The van der Waals surface area contributed by atoms with Crippen molar-refractivity contribution in [2.24, 2.45) is 0 Å². The van der Waals surface area contributed by atoms with E-state index in [9.17, 15) is 4.79 Å². The van der Waals surface area contributed by atoms with E-state index in [1.807, 2.05) is 29.0 Å². The predicted octanol–water partition coefficient (Wildman–Crippen LogP) is 2.21. The number of nitrogens with zero attached hydrogens (tertiary/aromatic N) is 2. The Morgan fingerprint density at radius 2 is 2.48 bits per heavy atom. The molecular formula is C13H18N4O2S2. The topological polar surface area (TPSA) is 71.9 Å². The van der Waals surface area contributed by atoms with Crippen LogP contribution in [-0.2, 0) is 16.1 Å². The molecule has 0 saturated heterocycles. The average Bonchev–Trinajstić information content (AvgIpc) is 3.06. The number of ether oxygens (including phenoxy) is 1. The molecule has 1 atom stereocenters. The van der Waals surface area contributed by atoms with E-state index in [2.05, 4.69) is 15.5 Å². The highest BCUT2D eigenvalue weighted by atomic mass is 32.1. The summed E-state index contributed by atoms with van der Waals surface area (Å²) in [5.74, 6) is 0.743. The molecule has 0 spiro atoms. The van der Waals surface area contributed by atoms with Crippen molar-refractivity contribution in [2.45, 2.75) is 25.9 Å². The van der Waals surface area contributed by atoms with Crippen LogP contribution >= 0.6 is 23.6 Å². The molecule has 0 radical (unpaired) electrons. The molecule has 0 fully saturated rings. The van der Waals surface area contributed by atoms with E-state index in [1.165, 1.54) is 0 Å². The van der Waals surface area contributed by atoms with Crippen LogP contribution in [0, 0.1) is 4.77 Å². The van der Waals surface area contributed by atoms with E-state index in [0.29, 0.717) is 24.3 Å². The van der Waals surface area contributed by atoms with Gasteiger partial charge in [-0.15, -0.1) is 11.3 Å². The zero-order valence-electron chi connectivity index (χ0n) is 12.0. The van der Waals surface area contributed by atoms with Gasteiger partial charge in [0.15, 0.2) is 10.6 Å². The number of rotatable bonds is 7. The summed E-state index contributed by atoms with van der Waals surface area (Å²) in [4.78, 5) is 12.9. The van der Waals surface area contributed by atoms with Crippen molar-refractivity contribution in [3.63, 3.8) is 0 Å². The second-order valence-electron chi connectivity index (χ2n) is 4.66. The molecule has 114 valence electrons. The van der Waals surface area contributed by atoms with Gasteiger partial charge < -0.3 is 10.1 Å². The Morgan fingerprint density at radius 3 is 3.14 bits per heavy atom. The van der Waals surface area contributed by atoms with E-state index in [0.717, 1.165) is 10.7 Å². The molecule has 2 aromatic heterocycles. The minimum Gasteiger partial charge on any atom is -0.383 e.